The highest BCUT2D eigenvalue weighted by Gasteiger charge is 2.17. The molecule has 0 fully saturated rings. The van der Waals surface area contributed by atoms with E-state index in [2.05, 4.69) is 48.5 Å². The van der Waals surface area contributed by atoms with E-state index in [0.717, 1.165) is 44.9 Å². The Balaban J connectivity index is 0.929. The fourth-order valence-corrected chi connectivity index (χ4v) is 5.37. The van der Waals surface area contributed by atoms with Gasteiger partial charge in [-0.05, 0) is 93.1 Å². The molecule has 0 saturated heterocycles. The summed E-state index contributed by atoms with van der Waals surface area (Å²) in [5.74, 6) is 1.59. The lowest BCUT2D eigenvalue weighted by atomic mass is 10.1. The van der Waals surface area contributed by atoms with Crippen LogP contribution in [0, 0.1) is 0 Å². The summed E-state index contributed by atoms with van der Waals surface area (Å²) in [7, 11) is -2.37. The summed E-state index contributed by atoms with van der Waals surface area (Å²) in [4.78, 5) is 0. The SMILES string of the molecule is O=[P+](OC=Cc1cccc(COc2ccc(-c3ccccc3)cc2)c1)OC=Cc1cccc(COc2ccc(-c3ccccc3)cc2)c1. The third-order valence-corrected chi connectivity index (χ3v) is 8.04. The molecule has 0 atom stereocenters. The van der Waals surface area contributed by atoms with Crippen LogP contribution in [0.25, 0.3) is 34.4 Å². The van der Waals surface area contributed by atoms with Crippen LogP contribution in [0.1, 0.15) is 22.3 Å². The fourth-order valence-electron chi connectivity index (χ4n) is 5.00. The van der Waals surface area contributed by atoms with Crippen molar-refractivity contribution in [2.24, 2.45) is 0 Å². The van der Waals surface area contributed by atoms with Gasteiger partial charge in [-0.2, -0.15) is 0 Å². The lowest BCUT2D eigenvalue weighted by Gasteiger charge is -2.08. The molecule has 6 heteroatoms. The molecule has 48 heavy (non-hydrogen) atoms. The van der Waals surface area contributed by atoms with Gasteiger partial charge in [-0.25, -0.2) is 9.05 Å². The Morgan fingerprint density at radius 3 is 1.25 bits per heavy atom. The van der Waals surface area contributed by atoms with E-state index in [1.807, 2.05) is 109 Å². The maximum absolute atomic E-state index is 12.3. The first-order valence-corrected chi connectivity index (χ1v) is 16.7. The molecule has 5 nitrogen and oxygen atoms in total. The number of ether oxygens (including phenoxy) is 2. The van der Waals surface area contributed by atoms with Gasteiger partial charge in [0.25, 0.3) is 0 Å². The molecule has 6 aromatic rings. The van der Waals surface area contributed by atoms with Gasteiger partial charge < -0.3 is 9.47 Å². The van der Waals surface area contributed by atoms with E-state index in [1.54, 1.807) is 12.2 Å². The van der Waals surface area contributed by atoms with Crippen LogP contribution in [0.2, 0.25) is 0 Å². The first kappa shape index (κ1) is 32.1. The molecule has 0 aliphatic rings. The molecule has 0 spiro atoms. The Morgan fingerprint density at radius 1 is 0.438 bits per heavy atom. The predicted molar refractivity (Wildman–Crippen MR) is 193 cm³/mol. The normalized spacial score (nSPS) is 11.4. The summed E-state index contributed by atoms with van der Waals surface area (Å²) in [6.45, 7) is 0.842. The van der Waals surface area contributed by atoms with Crippen molar-refractivity contribution >= 4 is 20.4 Å². The zero-order valence-electron chi connectivity index (χ0n) is 26.2. The molecule has 0 aliphatic heterocycles. The van der Waals surface area contributed by atoms with Crippen molar-refractivity contribution in [3.8, 4) is 33.8 Å². The molecule has 6 aromatic carbocycles. The minimum Gasteiger partial charge on any atom is -0.489 e. The zero-order chi connectivity index (χ0) is 32.8. The number of rotatable bonds is 14. The van der Waals surface area contributed by atoms with E-state index in [9.17, 15) is 4.57 Å². The quantitative estimate of drug-likeness (QED) is 0.0868. The van der Waals surface area contributed by atoms with Gasteiger partial charge in [0.05, 0.1) is 0 Å². The molecule has 0 unspecified atom stereocenters. The van der Waals surface area contributed by atoms with Crippen LogP contribution in [-0.2, 0) is 26.8 Å². The first-order chi connectivity index (χ1) is 23.7. The molecular formula is C42H34O5P+. The Morgan fingerprint density at radius 2 is 0.833 bits per heavy atom. The summed E-state index contributed by atoms with van der Waals surface area (Å²) in [6.07, 6.45) is 6.21. The Hall–Kier alpha value is -5.90. The number of hydrogen-bond donors (Lipinski definition) is 0. The Kier molecular flexibility index (Phi) is 11.1. The molecule has 0 bridgehead atoms. The molecular weight excluding hydrogens is 615 g/mol. The second kappa shape index (κ2) is 16.6. The molecule has 0 aliphatic carbocycles. The van der Waals surface area contributed by atoms with E-state index >= 15 is 0 Å². The van der Waals surface area contributed by atoms with E-state index in [-0.39, 0.29) is 0 Å². The average Bonchev–Trinajstić information content (AvgIpc) is 3.15. The van der Waals surface area contributed by atoms with Crippen LogP contribution in [0.15, 0.2) is 170 Å². The average molecular weight is 650 g/mol. The fraction of sp³-hybridized carbons (Fsp3) is 0.0476. The van der Waals surface area contributed by atoms with Crippen LogP contribution in [0.5, 0.6) is 11.5 Å². The minimum absolute atomic E-state index is 0.421. The third kappa shape index (κ3) is 9.56. The maximum Gasteiger partial charge on any atom is 0.804 e. The zero-order valence-corrected chi connectivity index (χ0v) is 27.1. The topological polar surface area (TPSA) is 54.0 Å². The molecule has 6 rings (SSSR count). The van der Waals surface area contributed by atoms with Crippen molar-refractivity contribution in [1.29, 1.82) is 0 Å². The van der Waals surface area contributed by atoms with Crippen molar-refractivity contribution in [2.75, 3.05) is 0 Å². The summed E-state index contributed by atoms with van der Waals surface area (Å²) in [5.41, 5.74) is 8.41. The first-order valence-electron chi connectivity index (χ1n) is 15.6. The van der Waals surface area contributed by atoms with Crippen molar-refractivity contribution < 1.29 is 23.1 Å². The van der Waals surface area contributed by atoms with Crippen LogP contribution >= 0.6 is 8.25 Å². The van der Waals surface area contributed by atoms with Gasteiger partial charge >= 0.3 is 8.25 Å². The monoisotopic (exact) mass is 649 g/mol. The summed E-state index contributed by atoms with van der Waals surface area (Å²) < 4.78 is 34.7. The lowest BCUT2D eigenvalue weighted by molar-refractivity contribution is 0.306. The van der Waals surface area contributed by atoms with E-state index < -0.39 is 8.25 Å². The summed E-state index contributed by atoms with van der Waals surface area (Å²) in [6, 6.07) is 52.3. The Labute approximate surface area is 282 Å². The molecule has 236 valence electrons. The molecule has 0 radical (unpaired) electrons. The van der Waals surface area contributed by atoms with Gasteiger partial charge in [0.2, 0.25) is 0 Å². The van der Waals surface area contributed by atoms with Gasteiger partial charge in [-0.1, -0.05) is 121 Å². The van der Waals surface area contributed by atoms with Crippen LogP contribution in [-0.4, -0.2) is 0 Å². The maximum atomic E-state index is 12.3. The van der Waals surface area contributed by atoms with Crippen LogP contribution in [0.4, 0.5) is 0 Å². The standard InChI is InChI=1S/C42H34O5P/c43-48(46-27-25-33-9-7-11-35(29-33)31-44-41-21-17-39(18-22-41)37-13-3-1-4-14-37)47-28-26-34-10-8-12-36(30-34)32-45-42-23-19-40(20-24-42)38-15-5-2-6-16-38/h1-30H,31-32H2/q+1. The summed E-state index contributed by atoms with van der Waals surface area (Å²) in [5, 5.41) is 0. The molecule has 0 saturated carbocycles. The predicted octanol–water partition coefficient (Wildman–Crippen LogP) is 11.5. The van der Waals surface area contributed by atoms with Crippen molar-refractivity contribution in [1.82, 2.24) is 0 Å². The van der Waals surface area contributed by atoms with Crippen LogP contribution < -0.4 is 9.47 Å². The van der Waals surface area contributed by atoms with Crippen molar-refractivity contribution in [3.63, 3.8) is 0 Å². The largest absolute Gasteiger partial charge is 0.804 e. The minimum atomic E-state index is -2.37. The second-order valence-electron chi connectivity index (χ2n) is 10.9. The molecule has 0 amide bonds. The Bertz CT molecular complexity index is 1830. The van der Waals surface area contributed by atoms with Gasteiger partial charge in [0.1, 0.15) is 24.7 Å². The highest BCUT2D eigenvalue weighted by molar-refractivity contribution is 7.33. The molecule has 0 aromatic heterocycles. The molecule has 0 N–H and O–H groups in total. The van der Waals surface area contributed by atoms with Crippen molar-refractivity contribution in [3.05, 3.63) is 193 Å². The third-order valence-electron chi connectivity index (χ3n) is 7.45. The number of hydrogen-bond acceptors (Lipinski definition) is 5. The highest BCUT2D eigenvalue weighted by atomic mass is 31.1. The van der Waals surface area contributed by atoms with E-state index in [0.29, 0.717) is 13.2 Å². The van der Waals surface area contributed by atoms with Gasteiger partial charge in [0, 0.05) is 4.57 Å². The smallest absolute Gasteiger partial charge is 0.489 e. The number of benzene rings is 6. The molecule has 0 heterocycles. The van der Waals surface area contributed by atoms with Gasteiger partial charge in [-0.3, -0.25) is 0 Å². The van der Waals surface area contributed by atoms with Gasteiger partial charge in [-0.15, -0.1) is 0 Å². The van der Waals surface area contributed by atoms with E-state index in [1.165, 1.54) is 23.7 Å². The van der Waals surface area contributed by atoms with Gasteiger partial charge in [0.15, 0.2) is 12.5 Å². The highest BCUT2D eigenvalue weighted by Crippen LogP contribution is 2.27. The second-order valence-corrected chi connectivity index (χ2v) is 11.8. The summed E-state index contributed by atoms with van der Waals surface area (Å²) >= 11 is 0. The van der Waals surface area contributed by atoms with Crippen LogP contribution in [0.3, 0.4) is 0 Å². The lowest BCUT2D eigenvalue weighted by Crippen LogP contribution is -1.95. The van der Waals surface area contributed by atoms with Crippen molar-refractivity contribution in [2.45, 2.75) is 13.2 Å². The van der Waals surface area contributed by atoms with E-state index in [4.69, 9.17) is 18.5 Å².